The maximum atomic E-state index is 13.3. The van der Waals surface area contributed by atoms with E-state index >= 15 is 0 Å². The summed E-state index contributed by atoms with van der Waals surface area (Å²) in [6.45, 7) is 4.11. The van der Waals surface area contributed by atoms with Crippen molar-refractivity contribution >= 4 is 5.91 Å². The molecule has 1 amide bonds. The lowest BCUT2D eigenvalue weighted by atomic mass is 10.1. The second-order valence-corrected chi connectivity index (χ2v) is 8.25. The highest BCUT2D eigenvalue weighted by Crippen LogP contribution is 2.39. The van der Waals surface area contributed by atoms with Gasteiger partial charge in [0.25, 0.3) is 5.91 Å². The molecule has 4 aromatic rings. The Bertz CT molecular complexity index is 1310. The number of halogens is 1. The fraction of sp³-hybridized carbons (Fsp3) is 0.214. The zero-order chi connectivity index (χ0) is 25.7. The molecule has 0 radical (unpaired) electrons. The van der Waals surface area contributed by atoms with E-state index in [9.17, 15) is 9.18 Å². The van der Waals surface area contributed by atoms with Crippen molar-refractivity contribution in [2.24, 2.45) is 0 Å². The number of carbonyl (C=O) groups is 1. The Morgan fingerprint density at radius 1 is 1.03 bits per heavy atom. The first-order chi connectivity index (χ1) is 17.4. The summed E-state index contributed by atoms with van der Waals surface area (Å²) >= 11 is 0. The molecule has 1 heterocycles. The van der Waals surface area contributed by atoms with Crippen LogP contribution in [0.3, 0.4) is 0 Å². The van der Waals surface area contributed by atoms with Crippen LogP contribution in [0.25, 0.3) is 5.69 Å². The minimum absolute atomic E-state index is 0.303. The van der Waals surface area contributed by atoms with Crippen LogP contribution in [0.1, 0.15) is 40.1 Å². The third-order valence-corrected chi connectivity index (χ3v) is 5.88. The monoisotopic (exact) mass is 489 g/mol. The van der Waals surface area contributed by atoms with E-state index in [1.165, 1.54) is 26.4 Å². The van der Waals surface area contributed by atoms with Gasteiger partial charge < -0.3 is 19.5 Å². The smallest absolute Gasteiger partial charge is 0.252 e. The standard InChI is InChI=1S/C28H28FN3O4/c1-18(24-16-30-32(19(24)2)23-12-10-22(29)11-13-23)31-28(33)21-14-25(34-3)27(26(15-21)35-4)36-17-20-8-6-5-7-9-20/h5-16,18H,17H2,1-4H3,(H,31,33). The molecule has 3 aromatic carbocycles. The molecular formula is C28H28FN3O4. The number of aromatic nitrogens is 2. The van der Waals surface area contributed by atoms with Gasteiger partial charge in [0, 0.05) is 16.8 Å². The number of amides is 1. The molecule has 0 saturated carbocycles. The molecule has 0 aliphatic carbocycles. The molecule has 8 heteroatoms. The van der Waals surface area contributed by atoms with E-state index in [1.807, 2.05) is 44.2 Å². The van der Waals surface area contributed by atoms with Gasteiger partial charge in [-0.25, -0.2) is 9.07 Å². The fourth-order valence-electron chi connectivity index (χ4n) is 3.93. The molecule has 1 unspecified atom stereocenters. The van der Waals surface area contributed by atoms with Crippen LogP contribution >= 0.6 is 0 Å². The Balaban J connectivity index is 1.52. The second kappa shape index (κ2) is 10.9. The SMILES string of the molecule is COc1cc(C(=O)NC(C)c2cnn(-c3ccc(F)cc3)c2C)cc(OC)c1OCc1ccccc1. The Morgan fingerprint density at radius 2 is 1.67 bits per heavy atom. The van der Waals surface area contributed by atoms with Crippen LogP contribution in [0, 0.1) is 12.7 Å². The van der Waals surface area contributed by atoms with Gasteiger partial charge in [0.2, 0.25) is 5.75 Å². The number of hydrogen-bond donors (Lipinski definition) is 1. The van der Waals surface area contributed by atoms with Crippen LogP contribution in [0.2, 0.25) is 0 Å². The van der Waals surface area contributed by atoms with E-state index < -0.39 is 0 Å². The lowest BCUT2D eigenvalue weighted by molar-refractivity contribution is 0.0939. The first-order valence-corrected chi connectivity index (χ1v) is 11.4. The fourth-order valence-corrected chi connectivity index (χ4v) is 3.93. The van der Waals surface area contributed by atoms with E-state index in [2.05, 4.69) is 10.4 Å². The lowest BCUT2D eigenvalue weighted by Gasteiger charge is -2.18. The van der Waals surface area contributed by atoms with Crippen LogP contribution in [0.5, 0.6) is 17.2 Å². The summed E-state index contributed by atoms with van der Waals surface area (Å²) < 4.78 is 32.0. The van der Waals surface area contributed by atoms with Gasteiger partial charge in [-0.05, 0) is 55.8 Å². The number of nitrogens with zero attached hydrogens (tertiary/aromatic N) is 2. The van der Waals surface area contributed by atoms with Crippen molar-refractivity contribution in [3.8, 4) is 22.9 Å². The van der Waals surface area contributed by atoms with E-state index in [0.29, 0.717) is 29.4 Å². The summed E-state index contributed by atoms with van der Waals surface area (Å²) in [6.07, 6.45) is 1.70. The van der Waals surface area contributed by atoms with Crippen molar-refractivity contribution in [2.75, 3.05) is 14.2 Å². The zero-order valence-corrected chi connectivity index (χ0v) is 20.6. The van der Waals surface area contributed by atoms with Gasteiger partial charge in [-0.3, -0.25) is 4.79 Å². The molecule has 1 aromatic heterocycles. The van der Waals surface area contributed by atoms with Crippen molar-refractivity contribution in [1.29, 1.82) is 0 Å². The molecule has 0 saturated heterocycles. The van der Waals surface area contributed by atoms with Gasteiger partial charge in [0.05, 0.1) is 32.1 Å². The third kappa shape index (κ3) is 5.33. The highest BCUT2D eigenvalue weighted by atomic mass is 19.1. The Morgan fingerprint density at radius 3 is 2.28 bits per heavy atom. The van der Waals surface area contributed by atoms with Crippen LogP contribution < -0.4 is 19.5 Å². The zero-order valence-electron chi connectivity index (χ0n) is 20.6. The second-order valence-electron chi connectivity index (χ2n) is 8.25. The highest BCUT2D eigenvalue weighted by molar-refractivity contribution is 5.96. The van der Waals surface area contributed by atoms with Gasteiger partial charge >= 0.3 is 0 Å². The molecule has 0 aliphatic heterocycles. The van der Waals surface area contributed by atoms with Crippen molar-refractivity contribution in [2.45, 2.75) is 26.5 Å². The number of ether oxygens (including phenoxy) is 3. The molecule has 36 heavy (non-hydrogen) atoms. The van der Waals surface area contributed by atoms with Crippen molar-refractivity contribution in [3.05, 3.63) is 101 Å². The lowest BCUT2D eigenvalue weighted by Crippen LogP contribution is -2.27. The molecular weight excluding hydrogens is 461 g/mol. The molecule has 4 rings (SSSR count). The van der Waals surface area contributed by atoms with Crippen molar-refractivity contribution in [3.63, 3.8) is 0 Å². The van der Waals surface area contributed by atoms with Gasteiger partial charge in [0.15, 0.2) is 11.5 Å². The summed E-state index contributed by atoms with van der Waals surface area (Å²) in [6, 6.07) is 18.7. The van der Waals surface area contributed by atoms with Gasteiger partial charge in [0.1, 0.15) is 12.4 Å². The molecule has 0 fully saturated rings. The Hall–Kier alpha value is -4.33. The first kappa shape index (κ1) is 24.8. The quantitative estimate of drug-likeness (QED) is 0.340. The normalized spacial score (nSPS) is 11.6. The molecule has 186 valence electrons. The Kier molecular flexibility index (Phi) is 7.53. The van der Waals surface area contributed by atoms with E-state index in [4.69, 9.17) is 14.2 Å². The van der Waals surface area contributed by atoms with Crippen LogP contribution in [0.15, 0.2) is 72.9 Å². The average Bonchev–Trinajstić information content (AvgIpc) is 3.29. The number of hydrogen-bond acceptors (Lipinski definition) is 5. The van der Waals surface area contributed by atoms with Crippen molar-refractivity contribution in [1.82, 2.24) is 15.1 Å². The van der Waals surface area contributed by atoms with Crippen LogP contribution in [-0.4, -0.2) is 29.9 Å². The van der Waals surface area contributed by atoms with Crippen LogP contribution in [0.4, 0.5) is 4.39 Å². The summed E-state index contributed by atoms with van der Waals surface area (Å²) in [5.74, 6) is 0.589. The van der Waals surface area contributed by atoms with Crippen LogP contribution in [-0.2, 0) is 6.61 Å². The first-order valence-electron chi connectivity index (χ1n) is 11.4. The maximum Gasteiger partial charge on any atom is 0.252 e. The number of benzene rings is 3. The number of methoxy groups -OCH3 is 2. The third-order valence-electron chi connectivity index (χ3n) is 5.88. The molecule has 0 aliphatic rings. The summed E-state index contributed by atoms with van der Waals surface area (Å²) in [5, 5.41) is 7.42. The predicted molar refractivity (Wildman–Crippen MR) is 134 cm³/mol. The summed E-state index contributed by atoms with van der Waals surface area (Å²) in [5.41, 5.74) is 3.78. The van der Waals surface area contributed by atoms with E-state index in [0.717, 1.165) is 22.5 Å². The van der Waals surface area contributed by atoms with Gasteiger partial charge in [-0.15, -0.1) is 0 Å². The average molecular weight is 490 g/mol. The molecule has 0 bridgehead atoms. The van der Waals surface area contributed by atoms with Crippen molar-refractivity contribution < 1.29 is 23.4 Å². The molecule has 1 N–H and O–H groups in total. The number of nitrogens with one attached hydrogen (secondary N) is 1. The van der Waals surface area contributed by atoms with Gasteiger partial charge in [-0.2, -0.15) is 5.10 Å². The van der Waals surface area contributed by atoms with Gasteiger partial charge in [-0.1, -0.05) is 30.3 Å². The number of carbonyl (C=O) groups excluding carboxylic acids is 1. The number of rotatable bonds is 9. The molecule has 7 nitrogen and oxygen atoms in total. The Labute approximate surface area is 209 Å². The highest BCUT2D eigenvalue weighted by Gasteiger charge is 2.21. The molecule has 0 spiro atoms. The minimum atomic E-state index is -0.335. The minimum Gasteiger partial charge on any atom is -0.493 e. The largest absolute Gasteiger partial charge is 0.493 e. The topological polar surface area (TPSA) is 74.6 Å². The maximum absolute atomic E-state index is 13.3. The van der Waals surface area contributed by atoms with E-state index in [-0.39, 0.29) is 17.8 Å². The van der Waals surface area contributed by atoms with E-state index in [1.54, 1.807) is 35.1 Å². The summed E-state index contributed by atoms with van der Waals surface area (Å²) in [7, 11) is 3.03. The predicted octanol–water partition coefficient (Wildman–Crippen LogP) is 5.41. The molecule has 1 atom stereocenters. The summed E-state index contributed by atoms with van der Waals surface area (Å²) in [4.78, 5) is 13.1.